The minimum atomic E-state index is 0.139. The zero-order chi connectivity index (χ0) is 5.82. The van der Waals surface area contributed by atoms with Gasteiger partial charge in [-0.3, -0.25) is 5.32 Å². The van der Waals surface area contributed by atoms with E-state index < -0.39 is 0 Å². The van der Waals surface area contributed by atoms with E-state index in [2.05, 4.69) is 10.2 Å². The molecular formula is C5H11NO2. The Labute approximate surface area is 48.9 Å². The smallest absolute Gasteiger partial charge is 0.143 e. The Morgan fingerprint density at radius 1 is 1.62 bits per heavy atom. The molecule has 1 rings (SSSR count). The molecular weight excluding hydrogens is 106 g/mol. The maximum atomic E-state index is 4.79. The molecule has 0 aromatic heterocycles. The van der Waals surface area contributed by atoms with Gasteiger partial charge in [0.15, 0.2) is 0 Å². The second-order valence-electron chi connectivity index (χ2n) is 1.85. The molecule has 0 radical (unpaired) electrons. The molecule has 1 N–H and O–H groups in total. The zero-order valence-corrected chi connectivity index (χ0v) is 5.02. The number of nitrogens with one attached hydrogen (secondary N) is 1. The number of rotatable bonds is 2. The van der Waals surface area contributed by atoms with Gasteiger partial charge in [0.1, 0.15) is 6.23 Å². The van der Waals surface area contributed by atoms with E-state index in [0.29, 0.717) is 0 Å². The number of hydrogen-bond donors (Lipinski definition) is 1. The lowest BCUT2D eigenvalue weighted by molar-refractivity contribution is -0.307. The molecule has 1 aliphatic rings. The van der Waals surface area contributed by atoms with Crippen molar-refractivity contribution in [3.8, 4) is 0 Å². The molecule has 1 heterocycles. The first kappa shape index (κ1) is 6.01. The third kappa shape index (κ3) is 1.43. The lowest BCUT2D eigenvalue weighted by Gasteiger charge is -2.05. The van der Waals surface area contributed by atoms with Gasteiger partial charge in [-0.05, 0) is 19.4 Å². The van der Waals surface area contributed by atoms with Gasteiger partial charge >= 0.3 is 0 Å². The van der Waals surface area contributed by atoms with E-state index in [0.717, 1.165) is 13.0 Å². The van der Waals surface area contributed by atoms with Gasteiger partial charge < -0.3 is 0 Å². The molecule has 0 amide bonds. The molecule has 0 bridgehead atoms. The van der Waals surface area contributed by atoms with Crippen molar-refractivity contribution in [3.05, 3.63) is 0 Å². The summed E-state index contributed by atoms with van der Waals surface area (Å²) in [7, 11) is 1.53. The molecule has 1 fully saturated rings. The fraction of sp³-hybridized carbons (Fsp3) is 1.00. The standard InChI is InChI=1S/C5H11NO2/c1-7-8-5-3-2-4-6-5/h5-6H,2-4H2,1H3. The van der Waals surface area contributed by atoms with Crippen LogP contribution in [0, 0.1) is 0 Å². The van der Waals surface area contributed by atoms with Crippen molar-refractivity contribution in [3.63, 3.8) is 0 Å². The molecule has 1 saturated heterocycles. The Morgan fingerprint density at radius 2 is 2.50 bits per heavy atom. The van der Waals surface area contributed by atoms with Crippen LogP contribution in [-0.4, -0.2) is 19.9 Å². The van der Waals surface area contributed by atoms with Gasteiger partial charge in [0.05, 0.1) is 7.11 Å². The molecule has 0 saturated carbocycles. The van der Waals surface area contributed by atoms with E-state index in [1.165, 1.54) is 13.5 Å². The van der Waals surface area contributed by atoms with Gasteiger partial charge in [-0.2, -0.15) is 0 Å². The van der Waals surface area contributed by atoms with Crippen molar-refractivity contribution < 1.29 is 9.78 Å². The van der Waals surface area contributed by atoms with E-state index in [1.54, 1.807) is 0 Å². The monoisotopic (exact) mass is 117 g/mol. The Hall–Kier alpha value is -0.120. The van der Waals surface area contributed by atoms with Crippen LogP contribution in [0.15, 0.2) is 0 Å². The average molecular weight is 117 g/mol. The van der Waals surface area contributed by atoms with Crippen molar-refractivity contribution >= 4 is 0 Å². The highest BCUT2D eigenvalue weighted by Gasteiger charge is 2.13. The van der Waals surface area contributed by atoms with Crippen molar-refractivity contribution in [1.29, 1.82) is 0 Å². The Balaban J connectivity index is 2.06. The lowest BCUT2D eigenvalue weighted by Crippen LogP contribution is -2.23. The second-order valence-corrected chi connectivity index (χ2v) is 1.85. The van der Waals surface area contributed by atoms with E-state index in [-0.39, 0.29) is 6.23 Å². The normalized spacial score (nSPS) is 28.9. The van der Waals surface area contributed by atoms with Crippen molar-refractivity contribution in [2.75, 3.05) is 13.7 Å². The van der Waals surface area contributed by atoms with E-state index in [1.807, 2.05) is 0 Å². The summed E-state index contributed by atoms with van der Waals surface area (Å²) in [6, 6.07) is 0. The summed E-state index contributed by atoms with van der Waals surface area (Å²) in [5, 5.41) is 3.11. The summed E-state index contributed by atoms with van der Waals surface area (Å²) < 4.78 is 0. The molecule has 0 aliphatic carbocycles. The molecule has 48 valence electrons. The highest BCUT2D eigenvalue weighted by molar-refractivity contribution is 4.63. The van der Waals surface area contributed by atoms with Crippen molar-refractivity contribution in [2.45, 2.75) is 19.1 Å². The highest BCUT2D eigenvalue weighted by atomic mass is 17.2. The fourth-order valence-corrected chi connectivity index (χ4v) is 0.851. The first-order valence-corrected chi connectivity index (χ1v) is 2.86. The van der Waals surface area contributed by atoms with Gasteiger partial charge in [-0.1, -0.05) is 0 Å². The summed E-state index contributed by atoms with van der Waals surface area (Å²) in [5.74, 6) is 0. The van der Waals surface area contributed by atoms with Crippen LogP contribution in [0.2, 0.25) is 0 Å². The third-order valence-corrected chi connectivity index (χ3v) is 1.23. The molecule has 3 nitrogen and oxygen atoms in total. The van der Waals surface area contributed by atoms with Crippen LogP contribution < -0.4 is 5.32 Å². The second kappa shape index (κ2) is 3.02. The van der Waals surface area contributed by atoms with Crippen LogP contribution in [0.1, 0.15) is 12.8 Å². The topological polar surface area (TPSA) is 30.5 Å². The van der Waals surface area contributed by atoms with Crippen LogP contribution in [0.5, 0.6) is 0 Å². The van der Waals surface area contributed by atoms with Crippen LogP contribution in [0.4, 0.5) is 0 Å². The molecule has 1 unspecified atom stereocenters. The average Bonchev–Trinajstić information content (AvgIpc) is 2.19. The third-order valence-electron chi connectivity index (χ3n) is 1.23. The van der Waals surface area contributed by atoms with Gasteiger partial charge in [0.2, 0.25) is 0 Å². The van der Waals surface area contributed by atoms with Crippen LogP contribution in [0.25, 0.3) is 0 Å². The largest absolute Gasteiger partial charge is 0.289 e. The van der Waals surface area contributed by atoms with Crippen molar-refractivity contribution in [1.82, 2.24) is 5.32 Å². The fourth-order valence-electron chi connectivity index (χ4n) is 0.851. The summed E-state index contributed by atoms with van der Waals surface area (Å²) in [6.07, 6.45) is 2.39. The Morgan fingerprint density at radius 3 is 3.00 bits per heavy atom. The predicted octanol–water partition coefficient (Wildman–Crippen LogP) is 0.274. The summed E-state index contributed by atoms with van der Waals surface area (Å²) in [6.45, 7) is 1.05. The van der Waals surface area contributed by atoms with E-state index >= 15 is 0 Å². The first-order valence-electron chi connectivity index (χ1n) is 2.86. The summed E-state index contributed by atoms with van der Waals surface area (Å²) in [4.78, 5) is 9.25. The zero-order valence-electron chi connectivity index (χ0n) is 5.02. The highest BCUT2D eigenvalue weighted by Crippen LogP contribution is 2.04. The molecule has 1 aliphatic heterocycles. The van der Waals surface area contributed by atoms with Gasteiger partial charge in [-0.25, -0.2) is 9.78 Å². The number of hydrogen-bond acceptors (Lipinski definition) is 3. The molecule has 1 atom stereocenters. The SMILES string of the molecule is COOC1CCCN1. The minimum Gasteiger partial charge on any atom is -0.289 e. The predicted molar refractivity (Wildman–Crippen MR) is 29.1 cm³/mol. The maximum absolute atomic E-state index is 4.79. The Kier molecular flexibility index (Phi) is 2.27. The molecule has 8 heavy (non-hydrogen) atoms. The summed E-state index contributed by atoms with van der Waals surface area (Å²) >= 11 is 0. The van der Waals surface area contributed by atoms with Gasteiger partial charge in [0.25, 0.3) is 0 Å². The minimum absolute atomic E-state index is 0.139. The van der Waals surface area contributed by atoms with Crippen molar-refractivity contribution in [2.24, 2.45) is 0 Å². The molecule has 3 heteroatoms. The van der Waals surface area contributed by atoms with Crippen LogP contribution >= 0.6 is 0 Å². The molecule has 0 aromatic rings. The first-order chi connectivity index (χ1) is 3.93. The van der Waals surface area contributed by atoms with Crippen LogP contribution in [0.3, 0.4) is 0 Å². The van der Waals surface area contributed by atoms with Crippen LogP contribution in [-0.2, 0) is 9.78 Å². The molecule has 0 spiro atoms. The quantitative estimate of drug-likeness (QED) is 0.416. The van der Waals surface area contributed by atoms with E-state index in [4.69, 9.17) is 4.89 Å². The Bertz CT molecular complexity index is 61.4. The van der Waals surface area contributed by atoms with Gasteiger partial charge in [-0.15, -0.1) is 0 Å². The molecule has 0 aromatic carbocycles. The van der Waals surface area contributed by atoms with Gasteiger partial charge in [0, 0.05) is 0 Å². The lowest BCUT2D eigenvalue weighted by atomic mass is 10.4. The summed E-state index contributed by atoms with van der Waals surface area (Å²) in [5.41, 5.74) is 0. The van der Waals surface area contributed by atoms with E-state index in [9.17, 15) is 0 Å². The maximum Gasteiger partial charge on any atom is 0.143 e.